The number of hydrogen-bond acceptors (Lipinski definition) is 5. The smallest absolute Gasteiger partial charge is 0.206 e. The first kappa shape index (κ1) is 21.2. The first-order valence-electron chi connectivity index (χ1n) is 11.2. The minimum atomic E-state index is 0.412. The van der Waals surface area contributed by atoms with Crippen LogP contribution in [0.2, 0.25) is 0 Å². The summed E-state index contributed by atoms with van der Waals surface area (Å²) in [5.41, 5.74) is 3.29. The molecule has 0 N–H and O–H groups in total. The Balaban J connectivity index is 1.81. The Kier molecular flexibility index (Phi) is 6.93. The lowest BCUT2D eigenvalue weighted by Crippen LogP contribution is -2.21. The van der Waals surface area contributed by atoms with Gasteiger partial charge in [0.2, 0.25) is 4.80 Å². The molecular weight excluding hydrogens is 394 g/mol. The van der Waals surface area contributed by atoms with Crippen LogP contribution in [0, 0.1) is 5.92 Å². The molecule has 2 aliphatic carbocycles. The fraction of sp³-hybridized carbons (Fsp3) is 0.583. The molecule has 2 saturated carbocycles. The maximum atomic E-state index is 5.67. The molecule has 5 nitrogen and oxygen atoms in total. The summed E-state index contributed by atoms with van der Waals surface area (Å²) in [5, 5.41) is 7.30. The minimum Gasteiger partial charge on any atom is -0.497 e. The third-order valence-electron chi connectivity index (χ3n) is 6.33. The molecule has 162 valence electrons. The van der Waals surface area contributed by atoms with Gasteiger partial charge >= 0.3 is 0 Å². The molecule has 2 fully saturated rings. The Bertz CT molecular complexity index is 944. The number of benzene rings is 1. The van der Waals surface area contributed by atoms with Crippen LogP contribution in [0.25, 0.3) is 11.3 Å². The summed E-state index contributed by atoms with van der Waals surface area (Å²) >= 11 is 1.68. The molecule has 0 amide bonds. The number of hydrogen-bond donors (Lipinski definition) is 0. The molecular formula is C24H33N3O2S. The molecule has 1 heterocycles. The van der Waals surface area contributed by atoms with Gasteiger partial charge in [0.05, 0.1) is 26.0 Å². The molecule has 0 atom stereocenters. The fourth-order valence-electron chi connectivity index (χ4n) is 4.39. The van der Waals surface area contributed by atoms with Crippen LogP contribution in [0.3, 0.4) is 0 Å². The van der Waals surface area contributed by atoms with Crippen LogP contribution in [0.1, 0.15) is 64.7 Å². The SMILES string of the molecule is COc1ccc(OC)c(-c2csc(=NC3CCCCC3)n2N=C2CCC(C)CC2)c1. The van der Waals surface area contributed by atoms with Crippen LogP contribution in [-0.2, 0) is 0 Å². The van der Waals surface area contributed by atoms with E-state index >= 15 is 0 Å². The number of nitrogens with zero attached hydrogens (tertiary/aromatic N) is 3. The second-order valence-electron chi connectivity index (χ2n) is 8.55. The molecule has 4 rings (SSSR count). The van der Waals surface area contributed by atoms with Crippen LogP contribution in [-0.4, -0.2) is 30.6 Å². The van der Waals surface area contributed by atoms with Gasteiger partial charge in [0.1, 0.15) is 11.5 Å². The van der Waals surface area contributed by atoms with Crippen LogP contribution in [0.15, 0.2) is 33.7 Å². The molecule has 1 aromatic heterocycles. The highest BCUT2D eigenvalue weighted by Crippen LogP contribution is 2.34. The standard InChI is InChI=1S/C24H33N3O2S/c1-17-9-11-19(12-10-17)26-27-22(21-15-20(28-2)13-14-23(21)29-3)16-30-24(27)25-18-7-5-4-6-8-18/h13-18H,4-12H2,1-3H3. The molecule has 0 radical (unpaired) electrons. The average Bonchev–Trinajstić information content (AvgIpc) is 3.17. The molecule has 30 heavy (non-hydrogen) atoms. The second kappa shape index (κ2) is 9.82. The highest BCUT2D eigenvalue weighted by molar-refractivity contribution is 7.07. The van der Waals surface area contributed by atoms with Gasteiger partial charge in [-0.3, -0.25) is 4.99 Å². The van der Waals surface area contributed by atoms with E-state index in [1.54, 1.807) is 25.6 Å². The number of thiazole rings is 1. The highest BCUT2D eigenvalue weighted by atomic mass is 32.1. The average molecular weight is 428 g/mol. The molecule has 0 bridgehead atoms. The predicted molar refractivity (Wildman–Crippen MR) is 124 cm³/mol. The lowest BCUT2D eigenvalue weighted by atomic mass is 9.90. The van der Waals surface area contributed by atoms with E-state index in [0.29, 0.717) is 6.04 Å². The van der Waals surface area contributed by atoms with Crippen molar-refractivity contribution in [2.75, 3.05) is 14.2 Å². The zero-order valence-corrected chi connectivity index (χ0v) is 19.2. The van der Waals surface area contributed by atoms with E-state index in [0.717, 1.165) is 46.3 Å². The van der Waals surface area contributed by atoms with Crippen LogP contribution >= 0.6 is 11.3 Å². The summed E-state index contributed by atoms with van der Waals surface area (Å²) in [7, 11) is 3.41. The van der Waals surface area contributed by atoms with Crippen molar-refractivity contribution in [2.24, 2.45) is 16.0 Å². The van der Waals surface area contributed by atoms with E-state index < -0.39 is 0 Å². The van der Waals surface area contributed by atoms with E-state index in [-0.39, 0.29) is 0 Å². The third-order valence-corrected chi connectivity index (χ3v) is 7.16. The quantitative estimate of drug-likeness (QED) is 0.598. The normalized spacial score (nSPS) is 21.0. The van der Waals surface area contributed by atoms with Crippen LogP contribution in [0.4, 0.5) is 0 Å². The monoisotopic (exact) mass is 427 g/mol. The van der Waals surface area contributed by atoms with Gasteiger partial charge in [0.15, 0.2) is 0 Å². The molecule has 0 spiro atoms. The Morgan fingerprint density at radius 2 is 1.77 bits per heavy atom. The van der Waals surface area contributed by atoms with Gasteiger partial charge in [-0.2, -0.15) is 5.10 Å². The topological polar surface area (TPSA) is 48.1 Å². The van der Waals surface area contributed by atoms with E-state index in [1.165, 1.54) is 50.7 Å². The molecule has 0 saturated heterocycles. The van der Waals surface area contributed by atoms with Crippen molar-refractivity contribution in [2.45, 2.75) is 70.8 Å². The lowest BCUT2D eigenvalue weighted by Gasteiger charge is -2.20. The van der Waals surface area contributed by atoms with Crippen molar-refractivity contribution >= 4 is 17.0 Å². The summed E-state index contributed by atoms with van der Waals surface area (Å²) in [6.07, 6.45) is 10.8. The van der Waals surface area contributed by atoms with Gasteiger partial charge in [0, 0.05) is 16.7 Å². The van der Waals surface area contributed by atoms with Crippen molar-refractivity contribution in [1.82, 2.24) is 4.68 Å². The van der Waals surface area contributed by atoms with E-state index in [1.807, 2.05) is 18.2 Å². The zero-order chi connectivity index (χ0) is 20.9. The van der Waals surface area contributed by atoms with Gasteiger partial charge in [-0.25, -0.2) is 4.68 Å². The number of methoxy groups -OCH3 is 2. The molecule has 0 unspecified atom stereocenters. The lowest BCUT2D eigenvalue weighted by molar-refractivity contribution is 0.404. The fourth-order valence-corrected chi connectivity index (χ4v) is 5.28. The number of aromatic nitrogens is 1. The summed E-state index contributed by atoms with van der Waals surface area (Å²) in [5.74, 6) is 2.43. The maximum absolute atomic E-state index is 5.67. The van der Waals surface area contributed by atoms with Crippen molar-refractivity contribution in [3.8, 4) is 22.8 Å². The Labute approximate surface area is 183 Å². The maximum Gasteiger partial charge on any atom is 0.206 e. The number of rotatable bonds is 5. The van der Waals surface area contributed by atoms with Crippen molar-refractivity contribution in [3.05, 3.63) is 28.4 Å². The predicted octanol–water partition coefficient (Wildman–Crippen LogP) is 5.88. The molecule has 6 heteroatoms. The van der Waals surface area contributed by atoms with Gasteiger partial charge in [-0.1, -0.05) is 26.2 Å². The van der Waals surface area contributed by atoms with Crippen LogP contribution in [0.5, 0.6) is 11.5 Å². The zero-order valence-electron chi connectivity index (χ0n) is 18.4. The third kappa shape index (κ3) is 4.80. The van der Waals surface area contributed by atoms with E-state index in [4.69, 9.17) is 19.6 Å². The number of ether oxygens (including phenoxy) is 2. The van der Waals surface area contributed by atoms with Gasteiger partial charge in [-0.05, 0) is 62.6 Å². The van der Waals surface area contributed by atoms with Crippen molar-refractivity contribution in [1.29, 1.82) is 0 Å². The first-order valence-corrected chi connectivity index (χ1v) is 12.1. The summed E-state index contributed by atoms with van der Waals surface area (Å²) in [6, 6.07) is 6.34. The van der Waals surface area contributed by atoms with Gasteiger partial charge in [0.25, 0.3) is 0 Å². The molecule has 1 aromatic carbocycles. The molecule has 2 aliphatic rings. The van der Waals surface area contributed by atoms with Crippen molar-refractivity contribution in [3.63, 3.8) is 0 Å². The Morgan fingerprint density at radius 3 is 2.47 bits per heavy atom. The first-order chi connectivity index (χ1) is 14.7. The van der Waals surface area contributed by atoms with Gasteiger partial charge in [-0.15, -0.1) is 11.3 Å². The van der Waals surface area contributed by atoms with Crippen LogP contribution < -0.4 is 14.3 Å². The summed E-state index contributed by atoms with van der Waals surface area (Å²) in [6.45, 7) is 2.34. The highest BCUT2D eigenvalue weighted by Gasteiger charge is 2.19. The molecule has 0 aliphatic heterocycles. The summed E-state index contributed by atoms with van der Waals surface area (Å²) in [4.78, 5) is 6.14. The van der Waals surface area contributed by atoms with E-state index in [2.05, 4.69) is 17.0 Å². The van der Waals surface area contributed by atoms with E-state index in [9.17, 15) is 0 Å². The molecule has 2 aromatic rings. The second-order valence-corrected chi connectivity index (χ2v) is 9.39. The Hall–Kier alpha value is -2.08. The Morgan fingerprint density at radius 1 is 1.00 bits per heavy atom. The van der Waals surface area contributed by atoms with Crippen molar-refractivity contribution < 1.29 is 9.47 Å². The largest absolute Gasteiger partial charge is 0.497 e. The summed E-state index contributed by atoms with van der Waals surface area (Å²) < 4.78 is 13.2. The van der Waals surface area contributed by atoms with Gasteiger partial charge < -0.3 is 9.47 Å². The minimum absolute atomic E-state index is 0.412.